The molecule has 1 atom stereocenters. The van der Waals surface area contributed by atoms with Gasteiger partial charge in [-0.1, -0.05) is 38.8 Å². The van der Waals surface area contributed by atoms with Gasteiger partial charge in [0.25, 0.3) is 0 Å². The Hall–Kier alpha value is -0.940. The Kier molecular flexibility index (Phi) is 5.16. The molecule has 1 fully saturated rings. The van der Waals surface area contributed by atoms with E-state index in [9.17, 15) is 0 Å². The zero-order chi connectivity index (χ0) is 14.6. The van der Waals surface area contributed by atoms with Crippen molar-refractivity contribution in [3.63, 3.8) is 0 Å². The summed E-state index contributed by atoms with van der Waals surface area (Å²) >= 11 is 0. The normalized spacial score (nSPS) is 19.6. The van der Waals surface area contributed by atoms with Crippen LogP contribution in [0.25, 0.3) is 0 Å². The number of rotatable bonds is 7. The lowest BCUT2D eigenvalue weighted by Crippen LogP contribution is -2.42. The van der Waals surface area contributed by atoms with Crippen LogP contribution in [0.1, 0.15) is 71.0 Å². The van der Waals surface area contributed by atoms with Crippen molar-refractivity contribution >= 4 is 0 Å². The standard InChI is InChI=1S/C15H29N5/c1-4-9-20-13(11-17-19-20)14(18-16)15(10-12(2)3)7-5-6-8-15/h11-12,14,18H,4-10,16H2,1-3H3. The number of hydrogen-bond donors (Lipinski definition) is 2. The van der Waals surface area contributed by atoms with Crippen LogP contribution >= 0.6 is 0 Å². The van der Waals surface area contributed by atoms with Gasteiger partial charge in [0, 0.05) is 6.54 Å². The van der Waals surface area contributed by atoms with E-state index in [1.54, 1.807) is 0 Å². The van der Waals surface area contributed by atoms with Gasteiger partial charge in [-0.25, -0.2) is 4.68 Å². The fourth-order valence-corrected chi connectivity index (χ4v) is 3.95. The molecule has 0 bridgehead atoms. The van der Waals surface area contributed by atoms with Gasteiger partial charge in [-0.2, -0.15) is 0 Å². The van der Waals surface area contributed by atoms with Crippen molar-refractivity contribution in [1.82, 2.24) is 20.4 Å². The van der Waals surface area contributed by atoms with E-state index in [2.05, 4.69) is 36.5 Å². The molecule has 5 nitrogen and oxygen atoms in total. The number of nitrogens with two attached hydrogens (primary N) is 1. The average molecular weight is 279 g/mol. The van der Waals surface area contributed by atoms with E-state index < -0.39 is 0 Å². The molecule has 1 saturated carbocycles. The molecule has 2 rings (SSSR count). The summed E-state index contributed by atoms with van der Waals surface area (Å²) in [6.07, 6.45) is 9.26. The second-order valence-corrected chi connectivity index (χ2v) is 6.65. The molecule has 1 aromatic rings. The van der Waals surface area contributed by atoms with Gasteiger partial charge in [0.15, 0.2) is 0 Å². The molecule has 0 spiro atoms. The largest absolute Gasteiger partial charge is 0.271 e. The highest BCUT2D eigenvalue weighted by molar-refractivity contribution is 5.10. The third-order valence-electron chi connectivity index (χ3n) is 4.57. The van der Waals surface area contributed by atoms with E-state index >= 15 is 0 Å². The smallest absolute Gasteiger partial charge is 0.0775 e. The molecule has 0 amide bonds. The van der Waals surface area contributed by atoms with Crippen LogP contribution in [0.15, 0.2) is 6.20 Å². The van der Waals surface area contributed by atoms with Gasteiger partial charge < -0.3 is 0 Å². The maximum Gasteiger partial charge on any atom is 0.0775 e. The fourth-order valence-electron chi connectivity index (χ4n) is 3.95. The van der Waals surface area contributed by atoms with E-state index in [1.165, 1.54) is 32.1 Å². The average Bonchev–Trinajstić information content (AvgIpc) is 3.01. The Balaban J connectivity index is 2.30. The van der Waals surface area contributed by atoms with E-state index in [0.717, 1.165) is 18.7 Å². The lowest BCUT2D eigenvalue weighted by atomic mass is 9.72. The quantitative estimate of drug-likeness (QED) is 0.595. The van der Waals surface area contributed by atoms with Crippen molar-refractivity contribution in [3.05, 3.63) is 11.9 Å². The SMILES string of the molecule is CCCn1nncc1C(NN)C1(CC(C)C)CCCC1. The summed E-state index contributed by atoms with van der Waals surface area (Å²) in [6, 6.07) is 0.161. The summed E-state index contributed by atoms with van der Waals surface area (Å²) in [5, 5.41) is 8.34. The van der Waals surface area contributed by atoms with E-state index in [-0.39, 0.29) is 11.5 Å². The second kappa shape index (κ2) is 6.68. The molecule has 0 radical (unpaired) electrons. The maximum atomic E-state index is 5.95. The van der Waals surface area contributed by atoms with Crippen molar-refractivity contribution < 1.29 is 0 Å². The summed E-state index contributed by atoms with van der Waals surface area (Å²) in [5.41, 5.74) is 4.50. The molecule has 0 saturated heterocycles. The molecule has 3 N–H and O–H groups in total. The van der Waals surface area contributed by atoms with Crippen molar-refractivity contribution in [3.8, 4) is 0 Å². The first-order valence-corrected chi connectivity index (χ1v) is 7.97. The number of aromatic nitrogens is 3. The molecule has 1 aromatic heterocycles. The molecule has 0 aromatic carbocycles. The topological polar surface area (TPSA) is 68.8 Å². The second-order valence-electron chi connectivity index (χ2n) is 6.65. The predicted molar refractivity (Wildman–Crippen MR) is 80.7 cm³/mol. The van der Waals surface area contributed by atoms with Gasteiger partial charge in [-0.15, -0.1) is 5.10 Å². The summed E-state index contributed by atoms with van der Waals surface area (Å²) in [4.78, 5) is 0. The molecular formula is C15H29N5. The lowest BCUT2D eigenvalue weighted by Gasteiger charge is -2.38. The maximum absolute atomic E-state index is 5.95. The van der Waals surface area contributed by atoms with Gasteiger partial charge in [0.2, 0.25) is 0 Å². The van der Waals surface area contributed by atoms with E-state index in [0.29, 0.717) is 5.92 Å². The molecule has 1 heterocycles. The third-order valence-corrected chi connectivity index (χ3v) is 4.57. The van der Waals surface area contributed by atoms with Crippen LogP contribution in [0, 0.1) is 11.3 Å². The predicted octanol–water partition coefficient (Wildman–Crippen LogP) is 2.80. The van der Waals surface area contributed by atoms with Crippen LogP contribution in [0.4, 0.5) is 0 Å². The molecule has 20 heavy (non-hydrogen) atoms. The summed E-state index contributed by atoms with van der Waals surface area (Å²) in [6.45, 7) is 7.67. The summed E-state index contributed by atoms with van der Waals surface area (Å²) in [7, 11) is 0. The molecule has 1 aliphatic carbocycles. The third kappa shape index (κ3) is 3.04. The lowest BCUT2D eigenvalue weighted by molar-refractivity contribution is 0.148. The van der Waals surface area contributed by atoms with Crippen LogP contribution < -0.4 is 11.3 Å². The minimum absolute atomic E-state index is 0.161. The molecule has 1 aliphatic rings. The van der Waals surface area contributed by atoms with E-state index in [1.807, 2.05) is 10.9 Å². The van der Waals surface area contributed by atoms with Gasteiger partial charge >= 0.3 is 0 Å². The zero-order valence-electron chi connectivity index (χ0n) is 13.1. The van der Waals surface area contributed by atoms with Gasteiger partial charge in [0.1, 0.15) is 0 Å². The molecule has 5 heteroatoms. The first-order valence-electron chi connectivity index (χ1n) is 7.97. The Morgan fingerprint density at radius 2 is 2.10 bits per heavy atom. The first kappa shape index (κ1) is 15.4. The number of nitrogens with zero attached hydrogens (tertiary/aromatic N) is 3. The molecule has 0 aliphatic heterocycles. The highest BCUT2D eigenvalue weighted by Crippen LogP contribution is 2.51. The number of aryl methyl sites for hydroxylation is 1. The fraction of sp³-hybridized carbons (Fsp3) is 0.867. The van der Waals surface area contributed by atoms with Crippen molar-refractivity contribution in [1.29, 1.82) is 0 Å². The first-order chi connectivity index (χ1) is 9.63. The Labute approximate surface area is 122 Å². The Bertz CT molecular complexity index is 406. The minimum Gasteiger partial charge on any atom is -0.271 e. The van der Waals surface area contributed by atoms with Crippen LogP contribution in [-0.4, -0.2) is 15.0 Å². The van der Waals surface area contributed by atoms with Crippen LogP contribution in [-0.2, 0) is 6.54 Å². The molecular weight excluding hydrogens is 250 g/mol. The van der Waals surface area contributed by atoms with Crippen LogP contribution in [0.2, 0.25) is 0 Å². The van der Waals surface area contributed by atoms with E-state index in [4.69, 9.17) is 5.84 Å². The number of hydrogen-bond acceptors (Lipinski definition) is 4. The molecule has 114 valence electrons. The van der Waals surface area contributed by atoms with Crippen LogP contribution in [0.3, 0.4) is 0 Å². The number of hydrazine groups is 1. The monoisotopic (exact) mass is 279 g/mol. The highest BCUT2D eigenvalue weighted by atomic mass is 15.4. The van der Waals surface area contributed by atoms with Crippen molar-refractivity contribution in [2.75, 3.05) is 0 Å². The van der Waals surface area contributed by atoms with Crippen LogP contribution in [0.5, 0.6) is 0 Å². The zero-order valence-corrected chi connectivity index (χ0v) is 13.1. The summed E-state index contributed by atoms with van der Waals surface area (Å²) in [5.74, 6) is 6.63. The van der Waals surface area contributed by atoms with Gasteiger partial charge in [-0.3, -0.25) is 11.3 Å². The van der Waals surface area contributed by atoms with Gasteiger partial charge in [-0.05, 0) is 37.0 Å². The Morgan fingerprint density at radius 1 is 1.40 bits per heavy atom. The number of nitrogens with one attached hydrogen (secondary N) is 1. The minimum atomic E-state index is 0.161. The van der Waals surface area contributed by atoms with Gasteiger partial charge in [0.05, 0.1) is 17.9 Å². The Morgan fingerprint density at radius 3 is 2.65 bits per heavy atom. The highest BCUT2D eigenvalue weighted by Gasteiger charge is 2.43. The van der Waals surface area contributed by atoms with Crippen molar-refractivity contribution in [2.24, 2.45) is 17.2 Å². The van der Waals surface area contributed by atoms with Crippen molar-refractivity contribution in [2.45, 2.75) is 71.9 Å². The molecule has 1 unspecified atom stereocenters. The summed E-state index contributed by atoms with van der Waals surface area (Å²) < 4.78 is 2.02.